The van der Waals surface area contributed by atoms with Gasteiger partial charge >= 0.3 is 0 Å². The van der Waals surface area contributed by atoms with E-state index in [0.717, 1.165) is 18.7 Å². The summed E-state index contributed by atoms with van der Waals surface area (Å²) in [7, 11) is 0. The molecule has 2 aromatic rings. The Bertz CT molecular complexity index is 617. The summed E-state index contributed by atoms with van der Waals surface area (Å²) in [6, 6.07) is 10.4. The maximum atomic E-state index is 11.9. The van der Waals surface area contributed by atoms with E-state index in [1.807, 2.05) is 19.9 Å². The van der Waals surface area contributed by atoms with Crippen molar-refractivity contribution in [3.8, 4) is 0 Å². The molecule has 1 aromatic carbocycles. The molecule has 4 heteroatoms. The summed E-state index contributed by atoms with van der Waals surface area (Å²) in [5.74, 6) is 2.57. The molecule has 1 aromatic heterocycles. The van der Waals surface area contributed by atoms with Crippen molar-refractivity contribution in [1.29, 1.82) is 0 Å². The molecule has 0 aliphatic rings. The molecule has 0 radical (unpaired) electrons. The summed E-state index contributed by atoms with van der Waals surface area (Å²) in [6.07, 6.45) is 2.29. The number of aromatic nitrogens is 3. The van der Waals surface area contributed by atoms with Gasteiger partial charge in [0.25, 0.3) is 0 Å². The number of carbonyl (C=O) groups is 1. The summed E-state index contributed by atoms with van der Waals surface area (Å²) in [4.78, 5) is 16.5. The summed E-state index contributed by atoms with van der Waals surface area (Å²) < 4.78 is 0. The number of carbonyl (C=O) groups excluding carboxylic acids is 1. The van der Waals surface area contributed by atoms with Gasteiger partial charge in [-0.05, 0) is 24.3 Å². The molecule has 23 heavy (non-hydrogen) atoms. The fraction of sp³-hybridized carbons (Fsp3) is 0.526. The summed E-state index contributed by atoms with van der Waals surface area (Å²) in [5.41, 5.74) is 1.29. The molecule has 4 nitrogen and oxygen atoms in total. The predicted molar refractivity (Wildman–Crippen MR) is 92.3 cm³/mol. The minimum absolute atomic E-state index is 0.0272. The molecule has 2 rings (SSSR count). The highest BCUT2D eigenvalue weighted by molar-refractivity contribution is 5.81. The van der Waals surface area contributed by atoms with E-state index in [1.54, 1.807) is 0 Å². The second-order valence-electron chi connectivity index (χ2n) is 6.95. The second-order valence-corrected chi connectivity index (χ2v) is 6.95. The summed E-state index contributed by atoms with van der Waals surface area (Å²) >= 11 is 0. The molecule has 1 heterocycles. The van der Waals surface area contributed by atoms with Crippen LogP contribution in [0.25, 0.3) is 0 Å². The average molecular weight is 313 g/mol. The van der Waals surface area contributed by atoms with Gasteiger partial charge in [-0.25, -0.2) is 4.98 Å². The lowest BCUT2D eigenvalue weighted by Gasteiger charge is -2.16. The standard InChI is InChI=1S/C19H27N3O/c1-13(2)10-16(11-15-8-6-5-7-9-15)19-20-18(21-22-19)12-17(23)14(3)4/h5-9,13-14,16H,10-12H2,1-4H3,(H,20,21,22)/t16-/m0/s1. The number of aromatic amines is 1. The largest absolute Gasteiger partial charge is 0.299 e. The lowest BCUT2D eigenvalue weighted by molar-refractivity contribution is -0.121. The van der Waals surface area contributed by atoms with E-state index in [4.69, 9.17) is 0 Å². The Hall–Kier alpha value is -1.97. The Kier molecular flexibility index (Phi) is 6.08. The first-order valence-corrected chi connectivity index (χ1v) is 8.43. The van der Waals surface area contributed by atoms with Gasteiger partial charge in [-0.15, -0.1) is 0 Å². The Morgan fingerprint density at radius 3 is 2.43 bits per heavy atom. The molecule has 0 fully saturated rings. The zero-order valence-electron chi connectivity index (χ0n) is 14.5. The fourth-order valence-corrected chi connectivity index (χ4v) is 2.69. The van der Waals surface area contributed by atoms with E-state index in [0.29, 0.717) is 18.2 Å². The van der Waals surface area contributed by atoms with Crippen molar-refractivity contribution in [2.75, 3.05) is 0 Å². The molecule has 0 unspecified atom stereocenters. The van der Waals surface area contributed by atoms with Crippen LogP contribution >= 0.6 is 0 Å². The third kappa shape index (κ3) is 5.31. The molecule has 124 valence electrons. The van der Waals surface area contributed by atoms with Crippen LogP contribution in [-0.4, -0.2) is 21.0 Å². The molecular weight excluding hydrogens is 286 g/mol. The van der Waals surface area contributed by atoms with Gasteiger partial charge in [-0.2, -0.15) is 5.10 Å². The van der Waals surface area contributed by atoms with E-state index in [1.165, 1.54) is 5.56 Å². The number of rotatable bonds is 8. The van der Waals surface area contributed by atoms with Gasteiger partial charge in [0.2, 0.25) is 0 Å². The molecule has 0 amide bonds. The van der Waals surface area contributed by atoms with E-state index in [9.17, 15) is 4.79 Å². The monoisotopic (exact) mass is 313 g/mol. The summed E-state index contributed by atoms with van der Waals surface area (Å²) in [6.45, 7) is 8.26. The van der Waals surface area contributed by atoms with Crippen LogP contribution in [0.4, 0.5) is 0 Å². The van der Waals surface area contributed by atoms with Crippen molar-refractivity contribution in [2.45, 2.75) is 52.9 Å². The van der Waals surface area contributed by atoms with E-state index in [2.05, 4.69) is 53.3 Å². The fourth-order valence-electron chi connectivity index (χ4n) is 2.69. The number of benzene rings is 1. The first-order chi connectivity index (χ1) is 11.0. The van der Waals surface area contributed by atoms with Crippen molar-refractivity contribution in [1.82, 2.24) is 15.2 Å². The van der Waals surface area contributed by atoms with Gasteiger partial charge < -0.3 is 0 Å². The van der Waals surface area contributed by atoms with Crippen molar-refractivity contribution < 1.29 is 4.79 Å². The summed E-state index contributed by atoms with van der Waals surface area (Å²) in [5, 5.41) is 7.34. The third-order valence-electron chi connectivity index (χ3n) is 3.98. The van der Waals surface area contributed by atoms with Crippen molar-refractivity contribution >= 4 is 5.78 Å². The Morgan fingerprint density at radius 2 is 1.83 bits per heavy atom. The zero-order chi connectivity index (χ0) is 16.8. The molecule has 0 bridgehead atoms. The van der Waals surface area contributed by atoms with E-state index in [-0.39, 0.29) is 17.6 Å². The number of hydrogen-bond acceptors (Lipinski definition) is 3. The highest BCUT2D eigenvalue weighted by Crippen LogP contribution is 2.25. The van der Waals surface area contributed by atoms with Crippen molar-refractivity contribution in [3.05, 3.63) is 47.5 Å². The SMILES string of the molecule is CC(C)C[C@@H](Cc1ccccc1)c1n[nH]c(CC(=O)C(C)C)n1. The Balaban J connectivity index is 2.13. The molecule has 0 spiro atoms. The molecule has 0 aliphatic carbocycles. The van der Waals surface area contributed by atoms with Crippen molar-refractivity contribution in [2.24, 2.45) is 11.8 Å². The van der Waals surface area contributed by atoms with Gasteiger partial charge in [0.05, 0.1) is 6.42 Å². The second kappa shape index (κ2) is 8.04. The maximum absolute atomic E-state index is 11.9. The predicted octanol–water partition coefficient (Wildman–Crippen LogP) is 3.94. The first kappa shape index (κ1) is 17.4. The van der Waals surface area contributed by atoms with Crippen LogP contribution in [0.15, 0.2) is 30.3 Å². The molecule has 0 saturated heterocycles. The number of nitrogens with zero attached hydrogens (tertiary/aromatic N) is 2. The quantitative estimate of drug-likeness (QED) is 0.803. The van der Waals surface area contributed by atoms with Gasteiger partial charge in [-0.1, -0.05) is 58.0 Å². The maximum Gasteiger partial charge on any atom is 0.154 e. The van der Waals surface area contributed by atoms with Crippen LogP contribution < -0.4 is 0 Å². The van der Waals surface area contributed by atoms with Gasteiger partial charge in [0.1, 0.15) is 11.6 Å². The smallest absolute Gasteiger partial charge is 0.154 e. The normalized spacial score (nSPS) is 12.8. The minimum atomic E-state index is 0.0272. The number of ketones is 1. The number of Topliss-reactive ketones (excluding diaryl/α,β-unsaturated/α-hetero) is 1. The minimum Gasteiger partial charge on any atom is -0.299 e. The first-order valence-electron chi connectivity index (χ1n) is 8.43. The highest BCUT2D eigenvalue weighted by Gasteiger charge is 2.20. The number of nitrogens with one attached hydrogen (secondary N) is 1. The van der Waals surface area contributed by atoms with Gasteiger partial charge in [0.15, 0.2) is 5.82 Å². The molecule has 1 N–H and O–H groups in total. The van der Waals surface area contributed by atoms with Gasteiger partial charge in [0, 0.05) is 11.8 Å². The van der Waals surface area contributed by atoms with Crippen LogP contribution in [0, 0.1) is 11.8 Å². The Labute approximate surface area is 138 Å². The highest BCUT2D eigenvalue weighted by atomic mass is 16.1. The van der Waals surface area contributed by atoms with E-state index >= 15 is 0 Å². The number of H-pyrrole nitrogens is 1. The average Bonchev–Trinajstić information content (AvgIpc) is 2.95. The van der Waals surface area contributed by atoms with Crippen LogP contribution in [0.3, 0.4) is 0 Å². The molecule has 0 saturated carbocycles. The van der Waals surface area contributed by atoms with Crippen LogP contribution in [0.5, 0.6) is 0 Å². The Morgan fingerprint density at radius 1 is 1.13 bits per heavy atom. The third-order valence-corrected chi connectivity index (χ3v) is 3.98. The van der Waals surface area contributed by atoms with Crippen LogP contribution in [-0.2, 0) is 17.6 Å². The van der Waals surface area contributed by atoms with Crippen LogP contribution in [0.2, 0.25) is 0 Å². The van der Waals surface area contributed by atoms with Gasteiger partial charge in [-0.3, -0.25) is 9.89 Å². The lowest BCUT2D eigenvalue weighted by atomic mass is 9.90. The molecular formula is C19H27N3O. The zero-order valence-corrected chi connectivity index (χ0v) is 14.5. The number of hydrogen-bond donors (Lipinski definition) is 1. The van der Waals surface area contributed by atoms with E-state index < -0.39 is 0 Å². The van der Waals surface area contributed by atoms with Crippen LogP contribution in [0.1, 0.15) is 57.2 Å². The van der Waals surface area contributed by atoms with Crippen molar-refractivity contribution in [3.63, 3.8) is 0 Å². The molecule has 0 aliphatic heterocycles. The molecule has 1 atom stereocenters. The lowest BCUT2D eigenvalue weighted by Crippen LogP contribution is -2.12. The topological polar surface area (TPSA) is 58.6 Å².